The molecule has 1 heterocycles. The van der Waals surface area contributed by atoms with Crippen LogP contribution in [0.4, 0.5) is 21.9 Å². The standard InChI is InChI=1S/C21H22N4O9S/c1-3-19-11-23(35(31,32)20-6-4-14(2)5-7-20)18(12-33-19)13-34-21(26)22-15-8-16(24(27)28)10-17(9-15)25(29)30/h3-10,18-19H,1,11-13H2,2H3,(H,22,26)/t18-,19-/m1/s1. The van der Waals surface area contributed by atoms with Crippen LogP contribution in [-0.2, 0) is 19.5 Å². The van der Waals surface area contributed by atoms with Gasteiger partial charge in [-0.2, -0.15) is 4.31 Å². The maximum Gasteiger partial charge on any atom is 0.411 e. The van der Waals surface area contributed by atoms with Gasteiger partial charge in [-0.25, -0.2) is 13.2 Å². The van der Waals surface area contributed by atoms with Crippen LogP contribution in [0.5, 0.6) is 0 Å². The second-order valence-electron chi connectivity index (χ2n) is 7.62. The van der Waals surface area contributed by atoms with Crippen molar-refractivity contribution >= 4 is 33.2 Å². The molecule has 14 heteroatoms. The molecule has 1 saturated heterocycles. The first-order chi connectivity index (χ1) is 16.5. The van der Waals surface area contributed by atoms with Crippen molar-refractivity contribution in [1.29, 1.82) is 0 Å². The minimum Gasteiger partial charge on any atom is -0.448 e. The average Bonchev–Trinajstić information content (AvgIpc) is 2.82. The number of nitro groups is 2. The molecule has 0 radical (unpaired) electrons. The lowest BCUT2D eigenvalue weighted by Gasteiger charge is -2.37. The van der Waals surface area contributed by atoms with Gasteiger partial charge in [0, 0.05) is 18.7 Å². The molecule has 0 aliphatic carbocycles. The van der Waals surface area contributed by atoms with Gasteiger partial charge in [-0.1, -0.05) is 23.8 Å². The third-order valence-electron chi connectivity index (χ3n) is 5.14. The van der Waals surface area contributed by atoms with E-state index in [1.807, 2.05) is 6.92 Å². The Balaban J connectivity index is 1.75. The van der Waals surface area contributed by atoms with Crippen molar-refractivity contribution in [3.8, 4) is 0 Å². The van der Waals surface area contributed by atoms with Crippen LogP contribution in [0, 0.1) is 27.2 Å². The number of nitro benzene ring substituents is 2. The van der Waals surface area contributed by atoms with E-state index in [1.54, 1.807) is 12.1 Å². The summed E-state index contributed by atoms with van der Waals surface area (Å²) < 4.78 is 38.4. The quantitative estimate of drug-likeness (QED) is 0.321. The number of sulfonamides is 1. The highest BCUT2D eigenvalue weighted by Crippen LogP contribution is 2.27. The summed E-state index contributed by atoms with van der Waals surface area (Å²) in [7, 11) is -3.96. The lowest BCUT2D eigenvalue weighted by atomic mass is 10.2. The fraction of sp³-hybridized carbons (Fsp3) is 0.286. The summed E-state index contributed by atoms with van der Waals surface area (Å²) in [4.78, 5) is 32.7. The molecule has 0 aromatic heterocycles. The molecule has 1 aliphatic rings. The summed E-state index contributed by atoms with van der Waals surface area (Å²) in [6.07, 6.45) is -0.180. The number of benzene rings is 2. The number of nitrogens with one attached hydrogen (secondary N) is 1. The van der Waals surface area contributed by atoms with Gasteiger partial charge in [-0.3, -0.25) is 25.5 Å². The minimum absolute atomic E-state index is 0.0492. The highest BCUT2D eigenvalue weighted by molar-refractivity contribution is 7.89. The zero-order chi connectivity index (χ0) is 25.8. The predicted octanol–water partition coefficient (Wildman–Crippen LogP) is 3.00. The number of nitrogens with zero attached hydrogens (tertiary/aromatic N) is 3. The van der Waals surface area contributed by atoms with E-state index in [0.29, 0.717) is 0 Å². The Labute approximate surface area is 200 Å². The number of anilines is 1. The molecule has 1 aliphatic heterocycles. The molecular formula is C21H22N4O9S. The van der Waals surface area contributed by atoms with E-state index in [2.05, 4.69) is 11.9 Å². The number of rotatable bonds is 8. The van der Waals surface area contributed by atoms with Crippen molar-refractivity contribution < 1.29 is 32.5 Å². The third kappa shape index (κ3) is 6.17. The SMILES string of the molecule is C=C[C@@H]1CN(S(=O)(=O)c2ccc(C)cc2)[C@@H](COC(=O)Nc2cc([N+](=O)[O-])cc([N+](=O)[O-])c2)CO1. The number of hydrogen-bond donors (Lipinski definition) is 1. The number of aryl methyl sites for hydroxylation is 1. The summed E-state index contributed by atoms with van der Waals surface area (Å²) >= 11 is 0. The number of carbonyl (C=O) groups is 1. The molecule has 1 amide bonds. The van der Waals surface area contributed by atoms with Gasteiger partial charge in [0.05, 0.1) is 45.2 Å². The molecule has 3 rings (SSSR count). The van der Waals surface area contributed by atoms with Crippen LogP contribution in [0.25, 0.3) is 0 Å². The van der Waals surface area contributed by atoms with E-state index in [9.17, 15) is 33.4 Å². The first-order valence-electron chi connectivity index (χ1n) is 10.2. The molecule has 13 nitrogen and oxygen atoms in total. The van der Waals surface area contributed by atoms with Crippen molar-refractivity contribution in [3.63, 3.8) is 0 Å². The second kappa shape index (κ2) is 10.6. The maximum atomic E-state index is 13.3. The molecular weight excluding hydrogens is 484 g/mol. The molecule has 1 fully saturated rings. The van der Waals surface area contributed by atoms with Gasteiger partial charge in [0.25, 0.3) is 11.4 Å². The van der Waals surface area contributed by atoms with Gasteiger partial charge in [-0.05, 0) is 19.1 Å². The number of morpholine rings is 1. The van der Waals surface area contributed by atoms with Gasteiger partial charge < -0.3 is 9.47 Å². The van der Waals surface area contributed by atoms with E-state index in [4.69, 9.17) is 9.47 Å². The Morgan fingerprint density at radius 3 is 2.34 bits per heavy atom. The maximum absolute atomic E-state index is 13.3. The molecule has 0 unspecified atom stereocenters. The fourth-order valence-corrected chi connectivity index (χ4v) is 4.92. The van der Waals surface area contributed by atoms with Crippen LogP contribution >= 0.6 is 0 Å². The number of carbonyl (C=O) groups excluding carboxylic acids is 1. The van der Waals surface area contributed by atoms with Crippen LogP contribution in [0.2, 0.25) is 0 Å². The van der Waals surface area contributed by atoms with Crippen molar-refractivity contribution in [3.05, 3.63) is 80.9 Å². The summed E-state index contributed by atoms with van der Waals surface area (Å²) in [5, 5.41) is 24.2. The minimum atomic E-state index is -3.96. The number of non-ortho nitro benzene ring substituents is 2. The fourth-order valence-electron chi connectivity index (χ4n) is 3.31. The lowest BCUT2D eigenvalue weighted by Crippen LogP contribution is -2.53. The first kappa shape index (κ1) is 25.7. The zero-order valence-electron chi connectivity index (χ0n) is 18.5. The number of amides is 1. The van der Waals surface area contributed by atoms with Crippen LogP contribution in [0.1, 0.15) is 5.56 Å². The van der Waals surface area contributed by atoms with E-state index < -0.39 is 56.1 Å². The first-order valence-corrected chi connectivity index (χ1v) is 11.7. The molecule has 2 aromatic carbocycles. The largest absolute Gasteiger partial charge is 0.448 e. The summed E-state index contributed by atoms with van der Waals surface area (Å²) in [6, 6.07) is 8.01. The van der Waals surface area contributed by atoms with E-state index >= 15 is 0 Å². The molecule has 1 N–H and O–H groups in total. The van der Waals surface area contributed by atoms with Crippen LogP contribution in [0.15, 0.2) is 60.0 Å². The van der Waals surface area contributed by atoms with Gasteiger partial charge in [0.1, 0.15) is 6.61 Å². The lowest BCUT2D eigenvalue weighted by molar-refractivity contribution is -0.394. The van der Waals surface area contributed by atoms with Crippen molar-refractivity contribution in [2.24, 2.45) is 0 Å². The molecule has 35 heavy (non-hydrogen) atoms. The molecule has 0 spiro atoms. The Kier molecular flexibility index (Phi) is 7.78. The van der Waals surface area contributed by atoms with Gasteiger partial charge in [-0.15, -0.1) is 6.58 Å². The highest BCUT2D eigenvalue weighted by Gasteiger charge is 2.37. The van der Waals surface area contributed by atoms with E-state index in [-0.39, 0.29) is 23.7 Å². The van der Waals surface area contributed by atoms with Crippen molar-refractivity contribution in [2.75, 3.05) is 25.1 Å². The summed E-state index contributed by atoms with van der Waals surface area (Å²) in [5.41, 5.74) is -0.540. The smallest absolute Gasteiger partial charge is 0.411 e. The Bertz CT molecular complexity index is 1220. The van der Waals surface area contributed by atoms with Gasteiger partial charge >= 0.3 is 6.09 Å². The molecule has 186 valence electrons. The van der Waals surface area contributed by atoms with E-state index in [0.717, 1.165) is 23.8 Å². The normalized spacial score (nSPS) is 18.4. The highest BCUT2D eigenvalue weighted by atomic mass is 32.2. The Hall–Kier alpha value is -3.88. The van der Waals surface area contributed by atoms with Crippen LogP contribution in [-0.4, -0.2) is 60.6 Å². The van der Waals surface area contributed by atoms with Crippen molar-refractivity contribution in [1.82, 2.24) is 4.31 Å². The molecule has 0 saturated carbocycles. The van der Waals surface area contributed by atoms with Gasteiger partial charge in [0.15, 0.2) is 0 Å². The summed E-state index contributed by atoms with van der Waals surface area (Å²) in [5.74, 6) is 0. The predicted molar refractivity (Wildman–Crippen MR) is 124 cm³/mol. The topological polar surface area (TPSA) is 171 Å². The Morgan fingerprint density at radius 1 is 1.20 bits per heavy atom. The van der Waals surface area contributed by atoms with Crippen LogP contribution < -0.4 is 5.32 Å². The van der Waals surface area contributed by atoms with Crippen LogP contribution in [0.3, 0.4) is 0 Å². The molecule has 0 bridgehead atoms. The monoisotopic (exact) mass is 506 g/mol. The second-order valence-corrected chi connectivity index (χ2v) is 9.52. The zero-order valence-corrected chi connectivity index (χ0v) is 19.3. The molecule has 2 aromatic rings. The third-order valence-corrected chi connectivity index (χ3v) is 7.07. The average molecular weight is 506 g/mol. The molecule has 2 atom stereocenters. The van der Waals surface area contributed by atoms with Crippen molar-refractivity contribution in [2.45, 2.75) is 24.0 Å². The summed E-state index contributed by atoms with van der Waals surface area (Å²) in [6.45, 7) is 4.92. The van der Waals surface area contributed by atoms with E-state index in [1.165, 1.54) is 22.5 Å². The number of hydrogen-bond acceptors (Lipinski definition) is 9. The Morgan fingerprint density at radius 2 is 1.80 bits per heavy atom. The van der Waals surface area contributed by atoms with Gasteiger partial charge in [0.2, 0.25) is 10.0 Å². The number of ether oxygens (including phenoxy) is 2.